The first-order chi connectivity index (χ1) is 9.26. The monoisotopic (exact) mass is 261 g/mol. The summed E-state index contributed by atoms with van der Waals surface area (Å²) >= 11 is 0. The molecule has 0 amide bonds. The molecule has 0 spiro atoms. The van der Waals surface area contributed by atoms with Gasteiger partial charge < -0.3 is 10.6 Å². The van der Waals surface area contributed by atoms with Gasteiger partial charge in [0, 0.05) is 38.3 Å². The first-order valence-corrected chi connectivity index (χ1v) is 7.47. The first-order valence-electron chi connectivity index (χ1n) is 7.47. The molecule has 1 fully saturated rings. The first kappa shape index (κ1) is 14.5. The van der Waals surface area contributed by atoms with Crippen LogP contribution in [0.3, 0.4) is 0 Å². The van der Waals surface area contributed by atoms with Crippen LogP contribution in [0.1, 0.15) is 31.0 Å². The van der Waals surface area contributed by atoms with Gasteiger partial charge in [-0.25, -0.2) is 0 Å². The standard InChI is InChI=1S/C16H27N3/c1-4-14-5-7-15(8-6-14)16(17-3)13(2)19-11-9-18-10-12-19/h5-8,13,16-18H,4,9-12H2,1-3H3. The van der Waals surface area contributed by atoms with E-state index in [1.807, 2.05) is 0 Å². The molecule has 1 saturated heterocycles. The Bertz CT molecular complexity index is 368. The average Bonchev–Trinajstić information content (AvgIpc) is 2.49. The molecule has 1 aliphatic rings. The molecule has 2 atom stereocenters. The highest BCUT2D eigenvalue weighted by Crippen LogP contribution is 2.21. The molecular formula is C16H27N3. The maximum absolute atomic E-state index is 3.49. The van der Waals surface area contributed by atoms with Crippen LogP contribution in [0.15, 0.2) is 24.3 Å². The van der Waals surface area contributed by atoms with Gasteiger partial charge in [0.25, 0.3) is 0 Å². The Morgan fingerprint density at radius 3 is 2.37 bits per heavy atom. The lowest BCUT2D eigenvalue weighted by Gasteiger charge is -2.37. The lowest BCUT2D eigenvalue weighted by molar-refractivity contribution is 0.153. The third-order valence-corrected chi connectivity index (χ3v) is 4.27. The van der Waals surface area contributed by atoms with Crippen molar-refractivity contribution < 1.29 is 0 Å². The lowest BCUT2D eigenvalue weighted by atomic mass is 9.97. The van der Waals surface area contributed by atoms with Crippen LogP contribution in [-0.4, -0.2) is 44.2 Å². The predicted molar refractivity (Wildman–Crippen MR) is 81.5 cm³/mol. The summed E-state index contributed by atoms with van der Waals surface area (Å²) in [5.41, 5.74) is 2.80. The summed E-state index contributed by atoms with van der Waals surface area (Å²) in [5, 5.41) is 6.91. The van der Waals surface area contributed by atoms with Gasteiger partial charge in [0.05, 0.1) is 0 Å². The van der Waals surface area contributed by atoms with Crippen molar-refractivity contribution in [3.05, 3.63) is 35.4 Å². The van der Waals surface area contributed by atoms with Gasteiger partial charge >= 0.3 is 0 Å². The summed E-state index contributed by atoms with van der Waals surface area (Å²) in [6, 6.07) is 10.00. The maximum Gasteiger partial charge on any atom is 0.0473 e. The molecule has 2 rings (SSSR count). The van der Waals surface area contributed by atoms with Crippen molar-refractivity contribution in [3.8, 4) is 0 Å². The fourth-order valence-electron chi connectivity index (χ4n) is 2.95. The van der Waals surface area contributed by atoms with Crippen LogP contribution in [0.2, 0.25) is 0 Å². The van der Waals surface area contributed by atoms with Gasteiger partial charge in [0.1, 0.15) is 0 Å². The highest BCUT2D eigenvalue weighted by Gasteiger charge is 2.24. The normalized spacial score (nSPS) is 20.2. The van der Waals surface area contributed by atoms with E-state index >= 15 is 0 Å². The number of hydrogen-bond donors (Lipinski definition) is 2. The van der Waals surface area contributed by atoms with E-state index in [0.29, 0.717) is 12.1 Å². The highest BCUT2D eigenvalue weighted by molar-refractivity contribution is 5.26. The molecule has 106 valence electrons. The van der Waals surface area contributed by atoms with E-state index in [1.165, 1.54) is 11.1 Å². The Kier molecular flexibility index (Phi) is 5.37. The molecule has 0 bridgehead atoms. The van der Waals surface area contributed by atoms with Crippen LogP contribution >= 0.6 is 0 Å². The molecule has 1 heterocycles. The van der Waals surface area contributed by atoms with Crippen LogP contribution in [0, 0.1) is 0 Å². The Labute approximate surface area is 117 Å². The molecule has 3 heteroatoms. The molecule has 0 aromatic heterocycles. The van der Waals surface area contributed by atoms with E-state index < -0.39 is 0 Å². The van der Waals surface area contributed by atoms with Crippen molar-refractivity contribution in [2.24, 2.45) is 0 Å². The molecule has 0 radical (unpaired) electrons. The SMILES string of the molecule is CCc1ccc(C(NC)C(C)N2CCNCC2)cc1. The number of hydrogen-bond acceptors (Lipinski definition) is 3. The Hall–Kier alpha value is -0.900. The Morgan fingerprint density at radius 1 is 1.21 bits per heavy atom. The second-order valence-electron chi connectivity index (χ2n) is 5.39. The average molecular weight is 261 g/mol. The van der Waals surface area contributed by atoms with Crippen molar-refractivity contribution in [2.75, 3.05) is 33.2 Å². The van der Waals surface area contributed by atoms with Gasteiger partial charge in [0.2, 0.25) is 0 Å². The Balaban J connectivity index is 2.08. The van der Waals surface area contributed by atoms with E-state index in [1.54, 1.807) is 0 Å². The third-order valence-electron chi connectivity index (χ3n) is 4.27. The smallest absolute Gasteiger partial charge is 0.0473 e. The summed E-state index contributed by atoms with van der Waals surface area (Å²) in [6.45, 7) is 9.04. The van der Waals surface area contributed by atoms with Crippen LogP contribution in [0.25, 0.3) is 0 Å². The van der Waals surface area contributed by atoms with E-state index in [4.69, 9.17) is 0 Å². The van der Waals surface area contributed by atoms with Gasteiger partial charge in [-0.05, 0) is 31.5 Å². The number of nitrogens with one attached hydrogen (secondary N) is 2. The second-order valence-corrected chi connectivity index (χ2v) is 5.39. The van der Waals surface area contributed by atoms with Crippen LogP contribution < -0.4 is 10.6 Å². The topological polar surface area (TPSA) is 27.3 Å². The summed E-state index contributed by atoms with van der Waals surface area (Å²) < 4.78 is 0. The number of nitrogens with zero attached hydrogens (tertiary/aromatic N) is 1. The Morgan fingerprint density at radius 2 is 1.84 bits per heavy atom. The molecule has 1 aromatic rings. The van der Waals surface area contributed by atoms with Crippen molar-refractivity contribution in [1.82, 2.24) is 15.5 Å². The van der Waals surface area contributed by atoms with Crippen LogP contribution in [0.5, 0.6) is 0 Å². The number of piperazine rings is 1. The van der Waals surface area contributed by atoms with Crippen molar-refractivity contribution >= 4 is 0 Å². The summed E-state index contributed by atoms with van der Waals surface area (Å²) in [6.07, 6.45) is 1.11. The highest BCUT2D eigenvalue weighted by atomic mass is 15.2. The minimum Gasteiger partial charge on any atom is -0.314 e. The molecule has 19 heavy (non-hydrogen) atoms. The molecule has 3 nitrogen and oxygen atoms in total. The molecular weight excluding hydrogens is 234 g/mol. The van der Waals surface area contributed by atoms with Gasteiger partial charge in [-0.2, -0.15) is 0 Å². The zero-order chi connectivity index (χ0) is 13.7. The minimum absolute atomic E-state index is 0.406. The molecule has 1 aliphatic heterocycles. The quantitative estimate of drug-likeness (QED) is 0.846. The van der Waals surface area contributed by atoms with E-state index in [0.717, 1.165) is 32.6 Å². The number of benzene rings is 1. The fourth-order valence-corrected chi connectivity index (χ4v) is 2.95. The lowest BCUT2D eigenvalue weighted by Crippen LogP contribution is -2.51. The van der Waals surface area contributed by atoms with Crippen LogP contribution in [-0.2, 0) is 6.42 Å². The summed E-state index contributed by atoms with van der Waals surface area (Å²) in [4.78, 5) is 2.57. The predicted octanol–water partition coefficient (Wildman–Crippen LogP) is 1.80. The van der Waals surface area contributed by atoms with E-state index in [9.17, 15) is 0 Å². The molecule has 0 aliphatic carbocycles. The number of rotatable bonds is 5. The minimum atomic E-state index is 0.406. The van der Waals surface area contributed by atoms with Gasteiger partial charge in [0.15, 0.2) is 0 Å². The zero-order valence-electron chi connectivity index (χ0n) is 12.4. The molecule has 0 saturated carbocycles. The van der Waals surface area contributed by atoms with Crippen molar-refractivity contribution in [1.29, 1.82) is 0 Å². The van der Waals surface area contributed by atoms with E-state index in [-0.39, 0.29) is 0 Å². The van der Waals surface area contributed by atoms with Crippen molar-refractivity contribution in [2.45, 2.75) is 32.4 Å². The van der Waals surface area contributed by atoms with Crippen LogP contribution in [0.4, 0.5) is 0 Å². The number of likely N-dealkylation sites (N-methyl/N-ethyl adjacent to an activating group) is 1. The molecule has 2 unspecified atom stereocenters. The second kappa shape index (κ2) is 7.04. The van der Waals surface area contributed by atoms with E-state index in [2.05, 4.69) is 60.7 Å². The summed E-state index contributed by atoms with van der Waals surface area (Å²) in [5.74, 6) is 0. The summed E-state index contributed by atoms with van der Waals surface area (Å²) in [7, 11) is 2.07. The van der Waals surface area contributed by atoms with Gasteiger partial charge in [-0.15, -0.1) is 0 Å². The molecule has 2 N–H and O–H groups in total. The number of aryl methyl sites for hydroxylation is 1. The van der Waals surface area contributed by atoms with Crippen molar-refractivity contribution in [3.63, 3.8) is 0 Å². The maximum atomic E-state index is 3.49. The van der Waals surface area contributed by atoms with Gasteiger partial charge in [-0.3, -0.25) is 4.90 Å². The third kappa shape index (κ3) is 3.56. The van der Waals surface area contributed by atoms with Gasteiger partial charge in [-0.1, -0.05) is 31.2 Å². The molecule has 1 aromatic carbocycles. The zero-order valence-corrected chi connectivity index (χ0v) is 12.4. The fraction of sp³-hybridized carbons (Fsp3) is 0.625. The largest absolute Gasteiger partial charge is 0.314 e.